The molecule has 2 aromatic rings. The molecule has 0 aliphatic heterocycles. The molecule has 0 saturated carbocycles. The van der Waals surface area contributed by atoms with Crippen molar-refractivity contribution in [1.82, 2.24) is 4.90 Å². The highest BCUT2D eigenvalue weighted by Gasteiger charge is 2.31. The SMILES string of the molecule is CN(CC(=O)Nc1ccc(Cl)c(Cl)c1)C(=O)c1ccc(OC(F)(F)F)cc1. The number of rotatable bonds is 5. The van der Waals surface area contributed by atoms with Gasteiger partial charge in [0.25, 0.3) is 5.91 Å². The van der Waals surface area contributed by atoms with Crippen LogP contribution in [-0.2, 0) is 4.79 Å². The predicted octanol–water partition coefficient (Wildman–Crippen LogP) is 4.60. The molecule has 0 aromatic heterocycles. The van der Waals surface area contributed by atoms with E-state index in [1.807, 2.05) is 0 Å². The lowest BCUT2D eigenvalue weighted by molar-refractivity contribution is -0.274. The number of hydrogen-bond acceptors (Lipinski definition) is 3. The summed E-state index contributed by atoms with van der Waals surface area (Å²) in [5.74, 6) is -1.47. The number of likely N-dealkylation sites (N-methyl/N-ethyl adjacent to an activating group) is 1. The Kier molecular flexibility index (Phi) is 6.56. The second-order valence-electron chi connectivity index (χ2n) is 5.41. The van der Waals surface area contributed by atoms with Crippen LogP contribution in [0.4, 0.5) is 18.9 Å². The molecule has 144 valence electrons. The Morgan fingerprint density at radius 1 is 1.07 bits per heavy atom. The molecule has 0 heterocycles. The number of anilines is 1. The maximum atomic E-state index is 12.3. The third kappa shape index (κ3) is 6.33. The van der Waals surface area contributed by atoms with Crippen molar-refractivity contribution in [1.29, 1.82) is 0 Å². The van der Waals surface area contributed by atoms with Crippen LogP contribution in [0.25, 0.3) is 0 Å². The molecule has 5 nitrogen and oxygen atoms in total. The standard InChI is InChI=1S/C17H13Cl2F3N2O3/c1-24(9-15(25)23-11-4-7-13(18)14(19)8-11)16(26)10-2-5-12(6-3-10)27-17(20,21)22/h2-8H,9H2,1H3,(H,23,25). The zero-order valence-corrected chi connectivity index (χ0v) is 15.3. The Morgan fingerprint density at radius 2 is 1.70 bits per heavy atom. The molecule has 0 bridgehead atoms. The molecule has 0 saturated heterocycles. The highest BCUT2D eigenvalue weighted by molar-refractivity contribution is 6.42. The van der Waals surface area contributed by atoms with Crippen molar-refractivity contribution < 1.29 is 27.5 Å². The molecule has 1 N–H and O–H groups in total. The van der Waals surface area contributed by atoms with Crippen molar-refractivity contribution in [3.63, 3.8) is 0 Å². The molecular formula is C17H13Cl2F3N2O3. The van der Waals surface area contributed by atoms with Crippen molar-refractivity contribution in [2.45, 2.75) is 6.36 Å². The quantitative estimate of drug-likeness (QED) is 0.768. The van der Waals surface area contributed by atoms with Gasteiger partial charge >= 0.3 is 6.36 Å². The van der Waals surface area contributed by atoms with Crippen molar-refractivity contribution in [3.05, 3.63) is 58.1 Å². The van der Waals surface area contributed by atoms with Crippen LogP contribution in [0.3, 0.4) is 0 Å². The fraction of sp³-hybridized carbons (Fsp3) is 0.176. The van der Waals surface area contributed by atoms with Gasteiger partial charge in [-0.15, -0.1) is 13.2 Å². The van der Waals surface area contributed by atoms with Crippen LogP contribution in [0, 0.1) is 0 Å². The van der Waals surface area contributed by atoms with E-state index in [-0.39, 0.29) is 17.1 Å². The third-order valence-electron chi connectivity index (χ3n) is 3.27. The van der Waals surface area contributed by atoms with E-state index >= 15 is 0 Å². The van der Waals surface area contributed by atoms with Gasteiger partial charge in [0.2, 0.25) is 5.91 Å². The number of alkyl halides is 3. The van der Waals surface area contributed by atoms with Crippen LogP contribution in [-0.4, -0.2) is 36.7 Å². The van der Waals surface area contributed by atoms with Crippen molar-refractivity contribution in [3.8, 4) is 5.75 Å². The first-order chi connectivity index (χ1) is 12.5. The van der Waals surface area contributed by atoms with E-state index in [1.165, 1.54) is 31.3 Å². The largest absolute Gasteiger partial charge is 0.573 e. The van der Waals surface area contributed by atoms with Gasteiger partial charge in [-0.25, -0.2) is 0 Å². The van der Waals surface area contributed by atoms with Gasteiger partial charge in [-0.05, 0) is 42.5 Å². The highest BCUT2D eigenvalue weighted by atomic mass is 35.5. The van der Waals surface area contributed by atoms with Gasteiger partial charge in [-0.3, -0.25) is 9.59 Å². The number of carbonyl (C=O) groups excluding carboxylic acids is 2. The van der Waals surface area contributed by atoms with Crippen molar-refractivity contribution in [2.24, 2.45) is 0 Å². The summed E-state index contributed by atoms with van der Waals surface area (Å²) < 4.78 is 40.2. The van der Waals surface area contributed by atoms with Crippen molar-refractivity contribution >= 4 is 40.7 Å². The summed E-state index contributed by atoms with van der Waals surface area (Å²) in [7, 11) is 1.39. The number of hydrogen-bond donors (Lipinski definition) is 1. The molecule has 10 heteroatoms. The molecule has 0 aliphatic rings. The fourth-order valence-corrected chi connectivity index (χ4v) is 2.38. The number of carbonyl (C=O) groups is 2. The molecule has 0 atom stereocenters. The summed E-state index contributed by atoms with van der Waals surface area (Å²) >= 11 is 11.6. The van der Waals surface area contributed by atoms with E-state index in [1.54, 1.807) is 6.07 Å². The van der Waals surface area contributed by atoms with Gasteiger partial charge in [0.05, 0.1) is 16.6 Å². The average molecular weight is 421 g/mol. The first-order valence-corrected chi connectivity index (χ1v) is 8.17. The van der Waals surface area contributed by atoms with Gasteiger partial charge in [0.1, 0.15) is 5.75 Å². The summed E-state index contributed by atoms with van der Waals surface area (Å²) in [6, 6.07) is 8.91. The number of halogens is 5. The lowest BCUT2D eigenvalue weighted by Crippen LogP contribution is -2.34. The van der Waals surface area contributed by atoms with Crippen LogP contribution < -0.4 is 10.1 Å². The Bertz CT molecular complexity index is 842. The predicted molar refractivity (Wildman–Crippen MR) is 95.2 cm³/mol. The zero-order valence-electron chi connectivity index (χ0n) is 13.8. The summed E-state index contributed by atoms with van der Waals surface area (Å²) in [5.41, 5.74) is 0.512. The third-order valence-corrected chi connectivity index (χ3v) is 4.00. The van der Waals surface area contributed by atoms with Crippen LogP contribution in [0.2, 0.25) is 10.0 Å². The summed E-state index contributed by atoms with van der Waals surface area (Å²) in [6.07, 6.45) is -4.81. The minimum Gasteiger partial charge on any atom is -0.406 e. The fourth-order valence-electron chi connectivity index (χ4n) is 2.08. The average Bonchev–Trinajstić information content (AvgIpc) is 2.56. The Hall–Kier alpha value is -2.45. The summed E-state index contributed by atoms with van der Waals surface area (Å²) in [4.78, 5) is 25.4. The Morgan fingerprint density at radius 3 is 2.26 bits per heavy atom. The van der Waals surface area contributed by atoms with Crippen LogP contribution in [0.15, 0.2) is 42.5 Å². The molecule has 2 aromatic carbocycles. The van der Waals surface area contributed by atoms with Gasteiger partial charge in [0.15, 0.2) is 0 Å². The maximum Gasteiger partial charge on any atom is 0.573 e. The van der Waals surface area contributed by atoms with E-state index in [0.717, 1.165) is 17.0 Å². The van der Waals surface area contributed by atoms with Crippen LogP contribution >= 0.6 is 23.2 Å². The van der Waals surface area contributed by atoms with Gasteiger partial charge in [-0.2, -0.15) is 0 Å². The van der Waals surface area contributed by atoms with E-state index in [4.69, 9.17) is 23.2 Å². The van der Waals surface area contributed by atoms with Crippen molar-refractivity contribution in [2.75, 3.05) is 18.9 Å². The first kappa shape index (κ1) is 20.9. The summed E-state index contributed by atoms with van der Waals surface area (Å²) in [6.45, 7) is -0.278. The number of ether oxygens (including phenoxy) is 1. The molecule has 0 unspecified atom stereocenters. The second kappa shape index (κ2) is 8.49. The first-order valence-electron chi connectivity index (χ1n) is 7.41. The number of nitrogens with zero attached hydrogens (tertiary/aromatic N) is 1. The van der Waals surface area contributed by atoms with E-state index in [2.05, 4.69) is 10.1 Å². The molecule has 2 rings (SSSR count). The molecular weight excluding hydrogens is 408 g/mol. The minimum absolute atomic E-state index is 0.106. The topological polar surface area (TPSA) is 58.6 Å². The number of amides is 2. The monoisotopic (exact) mass is 420 g/mol. The highest BCUT2D eigenvalue weighted by Crippen LogP contribution is 2.25. The van der Waals surface area contributed by atoms with Gasteiger partial charge in [-0.1, -0.05) is 23.2 Å². The normalized spacial score (nSPS) is 11.0. The molecule has 2 amide bonds. The summed E-state index contributed by atoms with van der Waals surface area (Å²) in [5, 5.41) is 3.16. The zero-order chi connectivity index (χ0) is 20.2. The molecule has 0 fully saturated rings. The number of nitrogens with one attached hydrogen (secondary N) is 1. The van der Waals surface area contributed by atoms with Gasteiger partial charge in [0, 0.05) is 18.3 Å². The van der Waals surface area contributed by atoms with Gasteiger partial charge < -0.3 is 15.0 Å². The lowest BCUT2D eigenvalue weighted by atomic mass is 10.2. The molecule has 27 heavy (non-hydrogen) atoms. The van der Waals surface area contributed by atoms with Crippen LogP contribution in [0.5, 0.6) is 5.75 Å². The lowest BCUT2D eigenvalue weighted by Gasteiger charge is -2.17. The van der Waals surface area contributed by atoms with E-state index < -0.39 is 23.9 Å². The molecule has 0 aliphatic carbocycles. The maximum absolute atomic E-state index is 12.3. The second-order valence-corrected chi connectivity index (χ2v) is 6.22. The molecule has 0 spiro atoms. The molecule has 0 radical (unpaired) electrons. The Balaban J connectivity index is 1.96. The van der Waals surface area contributed by atoms with E-state index in [0.29, 0.717) is 10.7 Å². The minimum atomic E-state index is -4.81. The van der Waals surface area contributed by atoms with E-state index in [9.17, 15) is 22.8 Å². The van der Waals surface area contributed by atoms with Crippen LogP contribution in [0.1, 0.15) is 10.4 Å². The Labute approximate surface area is 162 Å². The smallest absolute Gasteiger partial charge is 0.406 e. The number of benzene rings is 2.